The predicted octanol–water partition coefficient (Wildman–Crippen LogP) is 4.00. The molecule has 118 valence electrons. The van der Waals surface area contributed by atoms with E-state index in [4.69, 9.17) is 4.74 Å². The summed E-state index contributed by atoms with van der Waals surface area (Å²) in [6.45, 7) is 5.12. The number of halogens is 3. The minimum atomic E-state index is -4.30. The van der Waals surface area contributed by atoms with Crippen LogP contribution in [0.2, 0.25) is 0 Å². The van der Waals surface area contributed by atoms with E-state index >= 15 is 0 Å². The number of hydrogen-bond acceptors (Lipinski definition) is 2. The van der Waals surface area contributed by atoms with E-state index in [-0.39, 0.29) is 18.7 Å². The maximum Gasteiger partial charge on any atom is 0.416 e. The molecule has 1 saturated heterocycles. The molecular weight excluding hydrogens is 279 g/mol. The molecule has 1 fully saturated rings. The first-order chi connectivity index (χ1) is 9.88. The van der Waals surface area contributed by atoms with Crippen LogP contribution in [-0.4, -0.2) is 18.8 Å². The maximum atomic E-state index is 12.9. The van der Waals surface area contributed by atoms with E-state index in [0.717, 1.165) is 18.9 Å². The summed E-state index contributed by atoms with van der Waals surface area (Å²) < 4.78 is 44.5. The predicted molar refractivity (Wildman–Crippen MR) is 75.9 cm³/mol. The molecule has 5 heteroatoms. The summed E-state index contributed by atoms with van der Waals surface area (Å²) in [5.74, 6) is 0.428. The zero-order chi connectivity index (χ0) is 15.5. The third-order valence-corrected chi connectivity index (χ3v) is 3.96. The molecule has 0 aliphatic carbocycles. The first-order valence-electron chi connectivity index (χ1n) is 7.38. The van der Waals surface area contributed by atoms with Gasteiger partial charge in [0.2, 0.25) is 0 Å². The maximum absolute atomic E-state index is 12.9. The van der Waals surface area contributed by atoms with Crippen molar-refractivity contribution >= 4 is 0 Å². The van der Waals surface area contributed by atoms with Gasteiger partial charge in [-0.1, -0.05) is 32.0 Å². The Kier molecular flexibility index (Phi) is 5.27. The van der Waals surface area contributed by atoms with Gasteiger partial charge in [0.1, 0.15) is 0 Å². The highest BCUT2D eigenvalue weighted by Crippen LogP contribution is 2.32. The van der Waals surface area contributed by atoms with Crippen LogP contribution in [0.4, 0.5) is 13.2 Å². The fourth-order valence-corrected chi connectivity index (χ4v) is 2.68. The fraction of sp³-hybridized carbons (Fsp3) is 0.625. The third kappa shape index (κ3) is 4.45. The number of alkyl halides is 3. The van der Waals surface area contributed by atoms with Crippen LogP contribution in [0.3, 0.4) is 0 Å². The van der Waals surface area contributed by atoms with Crippen LogP contribution in [0.5, 0.6) is 0 Å². The molecule has 1 heterocycles. The molecule has 21 heavy (non-hydrogen) atoms. The van der Waals surface area contributed by atoms with E-state index in [0.29, 0.717) is 18.1 Å². The van der Waals surface area contributed by atoms with Crippen LogP contribution in [0.15, 0.2) is 24.3 Å². The lowest BCUT2D eigenvalue weighted by atomic mass is 9.95. The second-order valence-corrected chi connectivity index (χ2v) is 5.91. The van der Waals surface area contributed by atoms with Crippen LogP contribution < -0.4 is 5.32 Å². The topological polar surface area (TPSA) is 21.3 Å². The van der Waals surface area contributed by atoms with Crippen LogP contribution in [0.25, 0.3) is 0 Å². The second-order valence-electron chi connectivity index (χ2n) is 5.91. The Balaban J connectivity index is 1.97. The SMILES string of the molecule is CC(C)C1CC(NCc2ccccc2C(F)(F)F)CCO1. The molecule has 0 amide bonds. The molecule has 0 spiro atoms. The van der Waals surface area contributed by atoms with Crippen molar-refractivity contribution in [2.24, 2.45) is 5.92 Å². The van der Waals surface area contributed by atoms with Crippen molar-refractivity contribution in [2.75, 3.05) is 6.61 Å². The summed E-state index contributed by atoms with van der Waals surface area (Å²) in [6, 6.07) is 5.96. The van der Waals surface area contributed by atoms with E-state index in [9.17, 15) is 13.2 Å². The molecule has 0 saturated carbocycles. The first kappa shape index (κ1) is 16.3. The normalized spacial score (nSPS) is 23.5. The van der Waals surface area contributed by atoms with Crippen molar-refractivity contribution in [3.8, 4) is 0 Å². The van der Waals surface area contributed by atoms with E-state index < -0.39 is 11.7 Å². The Morgan fingerprint density at radius 2 is 2.00 bits per heavy atom. The first-order valence-corrected chi connectivity index (χ1v) is 7.38. The zero-order valence-electron chi connectivity index (χ0n) is 12.4. The lowest BCUT2D eigenvalue weighted by molar-refractivity contribution is -0.138. The number of hydrogen-bond donors (Lipinski definition) is 1. The fourth-order valence-electron chi connectivity index (χ4n) is 2.68. The molecule has 2 unspecified atom stereocenters. The second kappa shape index (κ2) is 6.79. The van der Waals surface area contributed by atoms with E-state index in [2.05, 4.69) is 19.2 Å². The lowest BCUT2D eigenvalue weighted by Crippen LogP contribution is -2.40. The van der Waals surface area contributed by atoms with Crippen LogP contribution in [0.1, 0.15) is 37.8 Å². The van der Waals surface area contributed by atoms with Gasteiger partial charge in [-0.3, -0.25) is 0 Å². The summed E-state index contributed by atoms with van der Waals surface area (Å²) in [4.78, 5) is 0. The van der Waals surface area contributed by atoms with Crippen molar-refractivity contribution in [1.29, 1.82) is 0 Å². The van der Waals surface area contributed by atoms with Crippen molar-refractivity contribution in [3.05, 3.63) is 35.4 Å². The molecule has 1 aromatic rings. The van der Waals surface area contributed by atoms with Crippen molar-refractivity contribution < 1.29 is 17.9 Å². The Morgan fingerprint density at radius 3 is 2.67 bits per heavy atom. The molecular formula is C16H22F3NO. The third-order valence-electron chi connectivity index (χ3n) is 3.96. The molecule has 0 bridgehead atoms. The number of rotatable bonds is 4. The largest absolute Gasteiger partial charge is 0.416 e. The van der Waals surface area contributed by atoms with E-state index in [1.54, 1.807) is 6.07 Å². The van der Waals surface area contributed by atoms with Gasteiger partial charge in [-0.25, -0.2) is 0 Å². The van der Waals surface area contributed by atoms with Crippen LogP contribution in [-0.2, 0) is 17.5 Å². The van der Waals surface area contributed by atoms with Gasteiger partial charge in [0.25, 0.3) is 0 Å². The average Bonchev–Trinajstić information content (AvgIpc) is 2.45. The number of nitrogens with one attached hydrogen (secondary N) is 1. The monoisotopic (exact) mass is 301 g/mol. The molecule has 0 radical (unpaired) electrons. The van der Waals surface area contributed by atoms with Gasteiger partial charge >= 0.3 is 6.18 Å². The summed E-state index contributed by atoms with van der Waals surface area (Å²) in [7, 11) is 0. The van der Waals surface area contributed by atoms with Crippen molar-refractivity contribution in [2.45, 2.75) is 51.6 Å². The highest BCUT2D eigenvalue weighted by atomic mass is 19.4. The highest BCUT2D eigenvalue weighted by Gasteiger charge is 2.33. The van der Waals surface area contributed by atoms with Crippen LogP contribution in [0, 0.1) is 5.92 Å². The van der Waals surface area contributed by atoms with Crippen LogP contribution >= 0.6 is 0 Å². The van der Waals surface area contributed by atoms with Gasteiger partial charge in [-0.05, 0) is 30.4 Å². The summed E-state index contributed by atoms with van der Waals surface area (Å²) >= 11 is 0. The molecule has 2 nitrogen and oxygen atoms in total. The van der Waals surface area contributed by atoms with Gasteiger partial charge in [0.05, 0.1) is 11.7 Å². The van der Waals surface area contributed by atoms with E-state index in [1.165, 1.54) is 12.1 Å². The molecule has 1 aliphatic rings. The van der Waals surface area contributed by atoms with Gasteiger partial charge < -0.3 is 10.1 Å². The van der Waals surface area contributed by atoms with Crippen molar-refractivity contribution in [1.82, 2.24) is 5.32 Å². The Bertz CT molecular complexity index is 459. The van der Waals surface area contributed by atoms with Crippen molar-refractivity contribution in [3.63, 3.8) is 0 Å². The summed E-state index contributed by atoms with van der Waals surface area (Å²) in [6.07, 6.45) is -2.41. The minimum absolute atomic E-state index is 0.189. The Morgan fingerprint density at radius 1 is 1.29 bits per heavy atom. The standard InChI is InChI=1S/C16H22F3NO/c1-11(2)15-9-13(7-8-21-15)20-10-12-5-3-4-6-14(12)16(17,18)19/h3-6,11,13,15,20H,7-10H2,1-2H3. The number of benzene rings is 1. The molecule has 1 aromatic carbocycles. The molecule has 1 N–H and O–H groups in total. The molecule has 0 aromatic heterocycles. The molecule has 1 aliphatic heterocycles. The zero-order valence-corrected chi connectivity index (χ0v) is 12.4. The average molecular weight is 301 g/mol. The number of ether oxygens (including phenoxy) is 1. The highest BCUT2D eigenvalue weighted by molar-refractivity contribution is 5.29. The van der Waals surface area contributed by atoms with Gasteiger partial charge in [0.15, 0.2) is 0 Å². The quantitative estimate of drug-likeness (QED) is 0.907. The van der Waals surface area contributed by atoms with Gasteiger partial charge in [0, 0.05) is 19.2 Å². The Labute approximate surface area is 123 Å². The lowest BCUT2D eigenvalue weighted by Gasteiger charge is -2.32. The molecule has 2 rings (SSSR count). The van der Waals surface area contributed by atoms with E-state index in [1.807, 2.05) is 0 Å². The summed E-state index contributed by atoms with van der Waals surface area (Å²) in [5.41, 5.74) is -0.248. The van der Waals surface area contributed by atoms with Gasteiger partial charge in [-0.15, -0.1) is 0 Å². The van der Waals surface area contributed by atoms with Gasteiger partial charge in [-0.2, -0.15) is 13.2 Å². The minimum Gasteiger partial charge on any atom is -0.378 e. The molecule has 2 atom stereocenters. The Hall–Kier alpha value is -1.07. The smallest absolute Gasteiger partial charge is 0.378 e. The summed E-state index contributed by atoms with van der Waals surface area (Å²) in [5, 5.41) is 3.26.